The van der Waals surface area contributed by atoms with Crippen molar-refractivity contribution in [2.45, 2.75) is 122 Å². The molecule has 1 fully saturated rings. The first-order valence-corrected chi connectivity index (χ1v) is 16.4. The van der Waals surface area contributed by atoms with Crippen LogP contribution in [-0.4, -0.2) is 41.1 Å². The summed E-state index contributed by atoms with van der Waals surface area (Å²) < 4.78 is 13.0. The molecule has 0 spiro atoms. The van der Waals surface area contributed by atoms with Gasteiger partial charge >= 0.3 is 0 Å². The van der Waals surface area contributed by atoms with E-state index < -0.39 is 16.6 Å². The molecule has 0 N–H and O–H groups in total. The lowest BCUT2D eigenvalue weighted by Crippen LogP contribution is -2.48. The van der Waals surface area contributed by atoms with Gasteiger partial charge in [-0.15, -0.1) is 0 Å². The summed E-state index contributed by atoms with van der Waals surface area (Å²) in [5, 5.41) is 0.378. The standard InChI is InChI=1S/C21H46O4Si2/c1-13-20(16-22-26(9,10)18(3,4)5)15-21(14-2,25-24-20)17-23-27(11,12)19(6,7)8/h13-17H2,1-12H3. The predicted molar refractivity (Wildman–Crippen MR) is 119 cm³/mol. The number of rotatable bonds is 8. The van der Waals surface area contributed by atoms with Gasteiger partial charge in [-0.1, -0.05) is 55.4 Å². The van der Waals surface area contributed by atoms with E-state index in [1.807, 2.05) is 0 Å². The average Bonchev–Trinajstić information content (AvgIpc) is 2.90. The zero-order valence-electron chi connectivity index (χ0n) is 20.2. The highest BCUT2D eigenvalue weighted by atomic mass is 28.4. The maximum Gasteiger partial charge on any atom is 0.192 e. The van der Waals surface area contributed by atoms with Crippen molar-refractivity contribution in [1.29, 1.82) is 0 Å². The van der Waals surface area contributed by atoms with Crippen molar-refractivity contribution in [3.05, 3.63) is 0 Å². The molecule has 0 aromatic heterocycles. The molecule has 0 saturated carbocycles. The van der Waals surface area contributed by atoms with Gasteiger partial charge in [0.25, 0.3) is 0 Å². The van der Waals surface area contributed by atoms with Gasteiger partial charge in [-0.3, -0.25) is 0 Å². The minimum Gasteiger partial charge on any atom is -0.414 e. The van der Waals surface area contributed by atoms with Crippen molar-refractivity contribution in [1.82, 2.24) is 0 Å². The van der Waals surface area contributed by atoms with Crippen LogP contribution in [0.4, 0.5) is 0 Å². The fraction of sp³-hybridized carbons (Fsp3) is 1.00. The molecule has 162 valence electrons. The van der Waals surface area contributed by atoms with Crippen molar-refractivity contribution in [2.75, 3.05) is 13.2 Å². The van der Waals surface area contributed by atoms with Crippen LogP contribution in [0, 0.1) is 0 Å². The molecule has 4 nitrogen and oxygen atoms in total. The van der Waals surface area contributed by atoms with Crippen molar-refractivity contribution in [3.8, 4) is 0 Å². The molecule has 0 amide bonds. The molecule has 6 heteroatoms. The molecule has 0 bridgehead atoms. The van der Waals surface area contributed by atoms with Crippen LogP contribution in [-0.2, 0) is 18.6 Å². The Labute approximate surface area is 170 Å². The molecule has 0 radical (unpaired) electrons. The van der Waals surface area contributed by atoms with E-state index in [1.165, 1.54) is 0 Å². The van der Waals surface area contributed by atoms with Crippen molar-refractivity contribution < 1.29 is 18.6 Å². The third kappa shape index (κ3) is 5.89. The summed E-state index contributed by atoms with van der Waals surface area (Å²) in [7, 11) is -3.65. The summed E-state index contributed by atoms with van der Waals surface area (Å²) in [6.45, 7) is 28.3. The first-order chi connectivity index (χ1) is 11.9. The van der Waals surface area contributed by atoms with E-state index in [1.54, 1.807) is 0 Å². The summed E-state index contributed by atoms with van der Waals surface area (Å²) in [5.74, 6) is 0. The summed E-state index contributed by atoms with van der Waals surface area (Å²) in [6, 6.07) is 0. The van der Waals surface area contributed by atoms with Gasteiger partial charge in [-0.25, -0.2) is 9.78 Å². The maximum atomic E-state index is 6.51. The molecule has 27 heavy (non-hydrogen) atoms. The highest BCUT2D eigenvalue weighted by molar-refractivity contribution is 6.74. The Hall–Kier alpha value is 0.274. The van der Waals surface area contributed by atoms with Crippen LogP contribution in [0.25, 0.3) is 0 Å². The van der Waals surface area contributed by atoms with Gasteiger partial charge < -0.3 is 8.85 Å². The summed E-state index contributed by atoms with van der Waals surface area (Å²) in [6.07, 6.45) is 2.59. The molecular weight excluding hydrogens is 372 g/mol. The van der Waals surface area contributed by atoms with E-state index in [0.29, 0.717) is 13.2 Å². The highest BCUT2D eigenvalue weighted by Crippen LogP contribution is 2.45. The zero-order valence-corrected chi connectivity index (χ0v) is 22.2. The van der Waals surface area contributed by atoms with Crippen molar-refractivity contribution in [3.63, 3.8) is 0 Å². The Kier molecular flexibility index (Phi) is 7.68. The van der Waals surface area contributed by atoms with Crippen molar-refractivity contribution >= 4 is 16.6 Å². The molecule has 1 aliphatic heterocycles. The van der Waals surface area contributed by atoms with Crippen molar-refractivity contribution in [2.24, 2.45) is 0 Å². The highest BCUT2D eigenvalue weighted by Gasteiger charge is 2.53. The van der Waals surface area contributed by atoms with Crippen LogP contribution in [0.3, 0.4) is 0 Å². The van der Waals surface area contributed by atoms with Gasteiger partial charge in [-0.05, 0) is 49.1 Å². The SMILES string of the molecule is CCC1(CO[Si](C)(C)C(C)(C)C)CC(CC)(CO[Si](C)(C)C(C)(C)C)OO1. The van der Waals surface area contributed by atoms with Gasteiger partial charge in [0.1, 0.15) is 11.2 Å². The molecule has 0 aliphatic carbocycles. The Morgan fingerprint density at radius 1 is 0.704 bits per heavy atom. The average molecular weight is 419 g/mol. The molecule has 1 aliphatic rings. The molecule has 1 heterocycles. The van der Waals surface area contributed by atoms with Crippen LogP contribution in [0.1, 0.15) is 74.7 Å². The minimum atomic E-state index is -1.83. The molecule has 2 unspecified atom stereocenters. The summed E-state index contributed by atoms with van der Waals surface area (Å²) in [5.41, 5.74) is -0.745. The quantitative estimate of drug-likeness (QED) is 0.325. The third-order valence-electron chi connectivity index (χ3n) is 7.33. The Morgan fingerprint density at radius 2 is 1.00 bits per heavy atom. The topological polar surface area (TPSA) is 36.9 Å². The van der Waals surface area contributed by atoms with Crippen LogP contribution in [0.2, 0.25) is 36.3 Å². The third-order valence-corrected chi connectivity index (χ3v) is 16.3. The number of hydrogen-bond donors (Lipinski definition) is 0. The fourth-order valence-corrected chi connectivity index (χ4v) is 4.72. The molecule has 1 rings (SSSR count). The summed E-state index contributed by atoms with van der Waals surface area (Å²) >= 11 is 0. The summed E-state index contributed by atoms with van der Waals surface area (Å²) in [4.78, 5) is 12.0. The van der Waals surface area contributed by atoms with E-state index >= 15 is 0 Å². The van der Waals surface area contributed by atoms with Crippen LogP contribution < -0.4 is 0 Å². The molecule has 0 aromatic rings. The van der Waals surface area contributed by atoms with Crippen LogP contribution in [0.5, 0.6) is 0 Å². The smallest absolute Gasteiger partial charge is 0.192 e. The Bertz CT molecular complexity index is 449. The monoisotopic (exact) mass is 418 g/mol. The molecule has 2 atom stereocenters. The Morgan fingerprint density at radius 3 is 1.22 bits per heavy atom. The lowest BCUT2D eigenvalue weighted by molar-refractivity contribution is -0.357. The van der Waals surface area contributed by atoms with E-state index in [0.717, 1.165) is 19.3 Å². The fourth-order valence-electron chi connectivity index (χ4n) is 2.60. The Balaban J connectivity index is 2.86. The maximum absolute atomic E-state index is 6.51. The van der Waals surface area contributed by atoms with Gasteiger partial charge in [-0.2, -0.15) is 0 Å². The second kappa shape index (κ2) is 8.19. The van der Waals surface area contributed by atoms with Gasteiger partial charge in [0, 0.05) is 6.42 Å². The van der Waals surface area contributed by atoms with E-state index in [9.17, 15) is 0 Å². The first-order valence-electron chi connectivity index (χ1n) is 10.6. The zero-order chi connectivity index (χ0) is 21.4. The lowest BCUT2D eigenvalue weighted by atomic mass is 9.85. The van der Waals surface area contributed by atoms with Gasteiger partial charge in [0.05, 0.1) is 13.2 Å². The molecule has 1 saturated heterocycles. The molecule has 0 aromatic carbocycles. The van der Waals surface area contributed by atoms with Crippen LogP contribution in [0.15, 0.2) is 0 Å². The first kappa shape index (κ1) is 25.3. The predicted octanol–water partition coefficient (Wildman–Crippen LogP) is 6.68. The second-order valence-electron chi connectivity index (χ2n) is 11.5. The van der Waals surface area contributed by atoms with E-state index in [4.69, 9.17) is 18.6 Å². The largest absolute Gasteiger partial charge is 0.414 e. The minimum absolute atomic E-state index is 0.189. The van der Waals surface area contributed by atoms with Crippen LogP contribution >= 0.6 is 0 Å². The van der Waals surface area contributed by atoms with E-state index in [2.05, 4.69) is 81.6 Å². The van der Waals surface area contributed by atoms with E-state index in [-0.39, 0.29) is 21.3 Å². The normalized spacial score (nSPS) is 28.0. The van der Waals surface area contributed by atoms with Gasteiger partial charge in [0.15, 0.2) is 16.6 Å². The molecular formula is C21H46O4Si2. The number of hydrogen-bond acceptors (Lipinski definition) is 4. The lowest BCUT2D eigenvalue weighted by Gasteiger charge is -2.39. The second-order valence-corrected chi connectivity index (χ2v) is 21.1. The van der Waals surface area contributed by atoms with Gasteiger partial charge in [0.2, 0.25) is 0 Å².